The molecule has 2 aliphatic carbocycles. The van der Waals surface area contributed by atoms with Crippen LogP contribution in [0.4, 0.5) is 0 Å². The molecule has 1 N–H and O–H groups in total. The number of hydrogen-bond acceptors (Lipinski definition) is 2. The van der Waals surface area contributed by atoms with Gasteiger partial charge in [0.1, 0.15) is 11.8 Å². The minimum atomic E-state index is -0.107. The second-order valence-corrected chi connectivity index (χ2v) is 11.8. The third-order valence-corrected chi connectivity index (χ3v) is 9.68. The molecule has 0 bridgehead atoms. The molecule has 3 nitrogen and oxygen atoms in total. The second kappa shape index (κ2) is 6.93. The fraction of sp³-hybridized carbons (Fsp3) is 0.200. The molecule has 2 aliphatic heterocycles. The molecule has 5 atom stereocenters. The van der Waals surface area contributed by atoms with Gasteiger partial charge in [-0.05, 0) is 52.1 Å². The number of hydrogen-bond donors (Lipinski definition) is 1. The molecule has 4 aliphatic rings. The first-order valence-corrected chi connectivity index (χ1v) is 13.7. The van der Waals surface area contributed by atoms with Crippen LogP contribution in [-0.4, -0.2) is 21.2 Å². The first kappa shape index (κ1) is 21.1. The number of piperazine rings is 1. The zero-order valence-electron chi connectivity index (χ0n) is 21.6. The fourth-order valence-corrected chi connectivity index (χ4v) is 7.92. The van der Waals surface area contributed by atoms with Crippen LogP contribution in [0, 0.1) is 0 Å². The summed E-state index contributed by atoms with van der Waals surface area (Å²) in [7, 11) is 0. The Morgan fingerprint density at radius 1 is 0.711 bits per heavy atom. The van der Waals surface area contributed by atoms with Crippen LogP contribution < -0.4 is 5.32 Å². The second-order valence-electron chi connectivity index (χ2n) is 11.8. The molecule has 184 valence electrons. The maximum absolute atomic E-state index is 4.14. The van der Waals surface area contributed by atoms with Crippen LogP contribution in [0.25, 0.3) is 32.9 Å². The summed E-state index contributed by atoms with van der Waals surface area (Å²) >= 11 is 0. The molecule has 3 heteroatoms. The van der Waals surface area contributed by atoms with Gasteiger partial charge in [0.05, 0.1) is 23.1 Å². The Morgan fingerprint density at radius 3 is 2.39 bits per heavy atom. The summed E-state index contributed by atoms with van der Waals surface area (Å²) in [4.78, 5) is 2.65. The van der Waals surface area contributed by atoms with Crippen molar-refractivity contribution in [2.75, 3.05) is 0 Å². The van der Waals surface area contributed by atoms with E-state index in [2.05, 4.69) is 144 Å². The zero-order chi connectivity index (χ0) is 25.2. The van der Waals surface area contributed by atoms with Crippen molar-refractivity contribution < 1.29 is 0 Å². The van der Waals surface area contributed by atoms with Crippen molar-refractivity contribution in [3.05, 3.63) is 132 Å². The van der Waals surface area contributed by atoms with Crippen molar-refractivity contribution in [2.24, 2.45) is 0 Å². The van der Waals surface area contributed by atoms with E-state index in [-0.39, 0.29) is 23.3 Å². The Kier molecular flexibility index (Phi) is 3.84. The third-order valence-electron chi connectivity index (χ3n) is 9.68. The van der Waals surface area contributed by atoms with Gasteiger partial charge in [-0.25, -0.2) is 0 Å². The number of nitrogens with one attached hydrogen (secondary N) is 1. The van der Waals surface area contributed by atoms with E-state index >= 15 is 0 Å². The van der Waals surface area contributed by atoms with Crippen LogP contribution in [0.2, 0.25) is 0 Å². The summed E-state index contributed by atoms with van der Waals surface area (Å²) in [6.45, 7) is 4.75. The predicted octanol–water partition coefficient (Wildman–Crippen LogP) is 7.45. The topological polar surface area (TPSA) is 20.0 Å². The van der Waals surface area contributed by atoms with Gasteiger partial charge in [0, 0.05) is 16.2 Å². The van der Waals surface area contributed by atoms with Crippen LogP contribution in [0.1, 0.15) is 42.7 Å². The van der Waals surface area contributed by atoms with E-state index in [1.165, 1.54) is 49.6 Å². The number of para-hydroxylation sites is 1. The van der Waals surface area contributed by atoms with E-state index < -0.39 is 0 Å². The van der Waals surface area contributed by atoms with Gasteiger partial charge < -0.3 is 4.57 Å². The summed E-state index contributed by atoms with van der Waals surface area (Å²) < 4.78 is 2.60. The normalized spacial score (nSPS) is 29.3. The molecule has 0 saturated carbocycles. The first-order valence-electron chi connectivity index (χ1n) is 13.7. The quantitative estimate of drug-likeness (QED) is 0.259. The lowest BCUT2D eigenvalue weighted by Gasteiger charge is -2.29. The molecule has 2 fully saturated rings. The van der Waals surface area contributed by atoms with Gasteiger partial charge in [-0.1, -0.05) is 105 Å². The minimum absolute atomic E-state index is 0.0321. The maximum Gasteiger partial charge on any atom is 0.113 e. The highest BCUT2D eigenvalue weighted by Crippen LogP contribution is 2.60. The van der Waals surface area contributed by atoms with Crippen LogP contribution in [0.15, 0.2) is 115 Å². The Morgan fingerprint density at radius 2 is 1.50 bits per heavy atom. The Hall–Kier alpha value is -3.92. The molecule has 4 aromatic carbocycles. The molecule has 1 aromatic heterocycles. The van der Waals surface area contributed by atoms with Crippen LogP contribution >= 0.6 is 0 Å². The van der Waals surface area contributed by atoms with Crippen molar-refractivity contribution in [2.45, 2.75) is 43.2 Å². The highest BCUT2D eigenvalue weighted by atomic mass is 15.6. The first-order chi connectivity index (χ1) is 18.6. The molecule has 0 radical (unpaired) electrons. The Labute approximate surface area is 222 Å². The Bertz CT molecular complexity index is 1860. The average molecular weight is 492 g/mol. The highest BCUT2D eigenvalue weighted by Gasteiger charge is 2.70. The van der Waals surface area contributed by atoms with E-state index in [0.29, 0.717) is 6.04 Å². The summed E-state index contributed by atoms with van der Waals surface area (Å²) in [5, 5.41) is 6.80. The molecule has 5 aromatic rings. The molecule has 5 unspecified atom stereocenters. The molecular formula is C35H29N3. The van der Waals surface area contributed by atoms with E-state index in [9.17, 15) is 0 Å². The zero-order valence-corrected chi connectivity index (χ0v) is 21.6. The van der Waals surface area contributed by atoms with Crippen LogP contribution in [-0.2, 0) is 5.41 Å². The minimum Gasteiger partial charge on any atom is -0.322 e. The number of fused-ring (bicyclic) bond motifs is 7. The molecule has 0 amide bonds. The number of allylic oxidation sites excluding steroid dienone is 2. The third kappa shape index (κ3) is 2.42. The van der Waals surface area contributed by atoms with E-state index in [0.717, 1.165) is 0 Å². The molecule has 9 rings (SSSR count). The van der Waals surface area contributed by atoms with Crippen molar-refractivity contribution in [3.8, 4) is 11.1 Å². The predicted molar refractivity (Wildman–Crippen MR) is 155 cm³/mol. The van der Waals surface area contributed by atoms with Gasteiger partial charge in [0.25, 0.3) is 0 Å². The Balaban J connectivity index is 1.33. The number of aromatic nitrogens is 1. The van der Waals surface area contributed by atoms with E-state index in [4.69, 9.17) is 0 Å². The summed E-state index contributed by atoms with van der Waals surface area (Å²) in [5.74, 6) is 0. The van der Waals surface area contributed by atoms with E-state index in [1.807, 2.05) is 0 Å². The monoisotopic (exact) mass is 491 g/mol. The standard InChI is InChI=1S/C35H29N3/c1-34(2)27-16-8-6-14-23(27)25-20-26-24-15-7-9-17-29(24)37(30(26)21-28(25)34)33-32(22-12-4-3-5-13-22)38-31-18-10-11-19-35(31,38)36-33/h3-21,31-33,36H,1-2H3. The largest absolute Gasteiger partial charge is 0.322 e. The fourth-order valence-electron chi connectivity index (χ4n) is 7.92. The highest BCUT2D eigenvalue weighted by molar-refractivity contribution is 6.10. The van der Waals surface area contributed by atoms with Crippen LogP contribution in [0.3, 0.4) is 0 Å². The van der Waals surface area contributed by atoms with Gasteiger partial charge in [-0.2, -0.15) is 0 Å². The summed E-state index contributed by atoms with van der Waals surface area (Å²) in [6.07, 6.45) is 9.21. The lowest BCUT2D eigenvalue weighted by atomic mass is 9.82. The summed E-state index contributed by atoms with van der Waals surface area (Å²) in [6, 6.07) is 34.6. The van der Waals surface area contributed by atoms with Crippen molar-refractivity contribution >= 4 is 21.8 Å². The lowest BCUT2D eigenvalue weighted by Crippen LogP contribution is -2.37. The lowest BCUT2D eigenvalue weighted by molar-refractivity contribution is 0.318. The average Bonchev–Trinajstić information content (AvgIpc) is 3.19. The molecule has 38 heavy (non-hydrogen) atoms. The molecule has 3 heterocycles. The van der Waals surface area contributed by atoms with Gasteiger partial charge in [0.2, 0.25) is 0 Å². The molecule has 1 spiro atoms. The van der Waals surface area contributed by atoms with Crippen molar-refractivity contribution in [3.63, 3.8) is 0 Å². The van der Waals surface area contributed by atoms with Gasteiger partial charge in [0.15, 0.2) is 0 Å². The number of nitrogens with zero attached hydrogens (tertiary/aromatic N) is 2. The number of rotatable bonds is 2. The molecular weight excluding hydrogens is 462 g/mol. The SMILES string of the molecule is CC1(C)c2ccccc2-c2cc3c4ccccc4n(C4NC56C=CC=CC5N6C4c4ccccc4)c3cc21. The molecule has 2 saturated heterocycles. The van der Waals surface area contributed by atoms with Gasteiger partial charge >= 0.3 is 0 Å². The smallest absolute Gasteiger partial charge is 0.113 e. The van der Waals surface area contributed by atoms with Crippen LogP contribution in [0.5, 0.6) is 0 Å². The van der Waals surface area contributed by atoms with E-state index in [1.54, 1.807) is 0 Å². The van der Waals surface area contributed by atoms with Crippen molar-refractivity contribution in [1.82, 2.24) is 14.8 Å². The van der Waals surface area contributed by atoms with Gasteiger partial charge in [-0.15, -0.1) is 0 Å². The number of benzene rings is 4. The maximum atomic E-state index is 4.14. The van der Waals surface area contributed by atoms with Gasteiger partial charge in [-0.3, -0.25) is 10.2 Å². The van der Waals surface area contributed by atoms with Crippen molar-refractivity contribution in [1.29, 1.82) is 0 Å². The summed E-state index contributed by atoms with van der Waals surface area (Å²) in [5.41, 5.74) is 9.43.